The molecule has 12 N–H and O–H groups in total. The van der Waals surface area contributed by atoms with Crippen LogP contribution in [-0.2, 0) is 16.0 Å². The van der Waals surface area contributed by atoms with E-state index in [0.29, 0.717) is 125 Å². The lowest BCUT2D eigenvalue weighted by atomic mass is 9.88. The van der Waals surface area contributed by atoms with Crippen LogP contribution >= 0.6 is 35.3 Å². The third kappa shape index (κ3) is 15.3. The van der Waals surface area contributed by atoms with Gasteiger partial charge in [0.15, 0.2) is 66.4 Å². The van der Waals surface area contributed by atoms with Crippen LogP contribution in [0.1, 0.15) is 128 Å². The van der Waals surface area contributed by atoms with Gasteiger partial charge in [-0.25, -0.2) is 43.9 Å². The molecule has 9 heterocycles. The van der Waals surface area contributed by atoms with Crippen molar-refractivity contribution >= 4 is 86.2 Å². The van der Waals surface area contributed by atoms with Gasteiger partial charge >= 0.3 is 0 Å². The molecule has 5 fully saturated rings. The van der Waals surface area contributed by atoms with Crippen LogP contribution in [0.25, 0.3) is 33.5 Å². The summed E-state index contributed by atoms with van der Waals surface area (Å²) in [6.45, 7) is 9.54. The molecule has 0 unspecified atom stereocenters. The van der Waals surface area contributed by atoms with E-state index in [9.17, 15) is 46.0 Å². The van der Waals surface area contributed by atoms with Crippen molar-refractivity contribution in [2.75, 3.05) is 59.5 Å². The lowest BCUT2D eigenvalue weighted by molar-refractivity contribution is -0.107. The van der Waals surface area contributed by atoms with E-state index in [-0.39, 0.29) is 12.2 Å². The molecule has 7 aromatic rings. The van der Waals surface area contributed by atoms with Crippen molar-refractivity contribution in [2.45, 2.75) is 212 Å². The highest BCUT2D eigenvalue weighted by Gasteiger charge is 2.42. The monoisotopic (exact) mass is 1270 g/mol. The number of aliphatic hydroxyl groups excluding tert-OH is 9. The lowest BCUT2D eigenvalue weighted by Gasteiger charge is -2.34. The Morgan fingerprint density at radius 3 is 1.16 bits per heavy atom. The fraction of sp³-hybridized carbons (Fsp3) is 0.704. The lowest BCUT2D eigenvalue weighted by Crippen LogP contribution is -2.47. The van der Waals surface area contributed by atoms with Gasteiger partial charge in [-0.15, -0.1) is 15.3 Å². The second-order valence-electron chi connectivity index (χ2n) is 22.3. The molecule has 87 heavy (non-hydrogen) atoms. The van der Waals surface area contributed by atoms with Gasteiger partial charge in [-0.05, 0) is 95.6 Å². The number of furan rings is 1. The molecule has 3 aliphatic carbocycles. The Hall–Kier alpha value is -5.27. The molecular formula is C54H80N18O12S3. The molecular weight excluding hydrogens is 1190 g/mol. The van der Waals surface area contributed by atoms with Gasteiger partial charge in [0, 0.05) is 43.6 Å². The molecule has 5 aliphatic rings. The molecule has 33 heteroatoms. The zero-order chi connectivity index (χ0) is 61.1. The predicted octanol–water partition coefficient (Wildman–Crippen LogP) is 2.81. The van der Waals surface area contributed by atoms with Crippen LogP contribution < -0.4 is 16.0 Å². The molecule has 3 saturated carbocycles. The average molecular weight is 1270 g/mol. The zero-order valence-corrected chi connectivity index (χ0v) is 51.3. The minimum atomic E-state index is -1.24. The molecule has 0 amide bonds. The molecule has 14 atom stereocenters. The number of hydrogen-bond acceptors (Lipinski definition) is 30. The van der Waals surface area contributed by atoms with E-state index in [1.165, 1.54) is 16.4 Å². The van der Waals surface area contributed by atoms with Crippen molar-refractivity contribution in [3.63, 3.8) is 0 Å². The molecule has 0 bridgehead atoms. The summed E-state index contributed by atoms with van der Waals surface area (Å²) in [4.78, 5) is 27.7. The fourth-order valence-electron chi connectivity index (χ4n) is 11.1. The molecule has 2 aliphatic heterocycles. The van der Waals surface area contributed by atoms with Gasteiger partial charge in [0.1, 0.15) is 42.4 Å². The van der Waals surface area contributed by atoms with E-state index >= 15 is 0 Å². The Balaban J connectivity index is 0.000000144. The van der Waals surface area contributed by atoms with E-state index in [1.54, 1.807) is 39.2 Å². The number of aromatic nitrogens is 15. The molecule has 12 rings (SSSR count). The van der Waals surface area contributed by atoms with Gasteiger partial charge in [0.2, 0.25) is 0 Å². The number of fused-ring (bicyclic) bond motifs is 3. The second kappa shape index (κ2) is 30.5. The van der Waals surface area contributed by atoms with Crippen molar-refractivity contribution in [1.29, 1.82) is 0 Å². The maximum absolute atomic E-state index is 10.5. The first-order chi connectivity index (χ1) is 42.2. The Kier molecular flexibility index (Phi) is 22.7. The van der Waals surface area contributed by atoms with Crippen LogP contribution in [-0.4, -0.2) is 232 Å². The minimum Gasteiger partial charge on any atom is -0.467 e. The highest BCUT2D eigenvalue weighted by molar-refractivity contribution is 7.99. The maximum atomic E-state index is 10.5. The maximum Gasteiger partial charge on any atom is 0.191 e. The zero-order valence-electron chi connectivity index (χ0n) is 48.8. The van der Waals surface area contributed by atoms with E-state index in [1.807, 2.05) is 12.1 Å². The van der Waals surface area contributed by atoms with E-state index in [0.717, 1.165) is 81.2 Å². The molecule has 0 spiro atoms. The molecule has 476 valence electrons. The Morgan fingerprint density at radius 2 is 0.839 bits per heavy atom. The Bertz CT molecular complexity index is 3150. The van der Waals surface area contributed by atoms with Crippen molar-refractivity contribution in [2.24, 2.45) is 0 Å². The van der Waals surface area contributed by atoms with Crippen LogP contribution in [0.3, 0.4) is 0 Å². The van der Waals surface area contributed by atoms with Gasteiger partial charge in [-0.1, -0.05) is 71.7 Å². The minimum absolute atomic E-state index is 0.151. The summed E-state index contributed by atoms with van der Waals surface area (Å²) in [5.74, 6) is 5.11. The second-order valence-corrected chi connectivity index (χ2v) is 25.5. The fourth-order valence-corrected chi connectivity index (χ4v) is 13.2. The Labute approximate surface area is 513 Å². The summed E-state index contributed by atoms with van der Waals surface area (Å²) < 4.78 is 21.4. The smallest absolute Gasteiger partial charge is 0.191 e. The number of rotatable bonds is 21. The standard InChI is InChI=1S/2C18H28N6O4S.C18H24N6O4S/c3*1-2-8-29-18-20-16(19-9-10-4-3-7-28-10)13-17(21-18)24(23-22-13)11-5-6-12(25)15(27)14(11)26/h2*10-12,14-15,25-27H,2-9H2,1H3,(H,19,20,21);3-4,7,11-12,14-15,25-27H,2,5-6,8-9H2,1H3,(H,19,20,21)/t10-,11+,12-,14-,15+;10-,11-,12+,14+,15-;11-,12+,14+,15-/m011/s1. The number of nitrogens with zero attached hydrogens (tertiary/aromatic N) is 15. The summed E-state index contributed by atoms with van der Waals surface area (Å²) in [5.41, 5.74) is 3.04. The normalized spacial score (nSPS) is 28.4. The first-order valence-corrected chi connectivity index (χ1v) is 33.1. The van der Waals surface area contributed by atoms with Crippen molar-refractivity contribution in [3.8, 4) is 0 Å². The third-order valence-corrected chi connectivity index (χ3v) is 19.1. The molecule has 30 nitrogen and oxygen atoms in total. The number of ether oxygens (including phenoxy) is 2. The van der Waals surface area contributed by atoms with Gasteiger partial charge < -0.3 is 75.8 Å². The topological polar surface area (TPSA) is 419 Å². The van der Waals surface area contributed by atoms with Crippen molar-refractivity contribution in [3.05, 3.63) is 24.2 Å². The van der Waals surface area contributed by atoms with Crippen molar-refractivity contribution < 1.29 is 59.8 Å². The van der Waals surface area contributed by atoms with Crippen LogP contribution in [0.4, 0.5) is 17.5 Å². The average Bonchev–Trinajstić information content (AvgIpc) is 2.65. The highest BCUT2D eigenvalue weighted by Crippen LogP contribution is 2.36. The largest absolute Gasteiger partial charge is 0.467 e. The SMILES string of the molecule is CCCSc1nc(NC[C@@H]2CCCO2)c2nnn([C@@H]3CC[C@H](O)[C@@H](O)[C@H]3O)c2n1.CCCSc1nc(NC[C@H]2CCCO2)c2nnn([C@@H]3CC[C@H](O)[C@@H](O)[C@H]3O)c2n1.CCCSc1nc(NCc2ccco2)c2nnn([C@@H]3CC[C@H](O)[C@@H](O)[C@H]3O)c2n1. The number of aliphatic hydroxyl groups is 9. The summed E-state index contributed by atoms with van der Waals surface area (Å²) in [6.07, 6.45) is 1.56. The highest BCUT2D eigenvalue weighted by atomic mass is 32.2. The van der Waals surface area contributed by atoms with E-state index in [2.05, 4.69) is 97.6 Å². The number of hydrogen-bond donors (Lipinski definition) is 12. The van der Waals surface area contributed by atoms with Crippen LogP contribution in [0.5, 0.6) is 0 Å². The summed E-state index contributed by atoms with van der Waals surface area (Å²) >= 11 is 4.63. The summed E-state index contributed by atoms with van der Waals surface area (Å²) in [5, 5.41) is 128. The van der Waals surface area contributed by atoms with Gasteiger partial charge in [-0.3, -0.25) is 0 Å². The van der Waals surface area contributed by atoms with Gasteiger partial charge in [0.25, 0.3) is 0 Å². The predicted molar refractivity (Wildman–Crippen MR) is 322 cm³/mol. The molecule has 0 radical (unpaired) electrons. The quantitative estimate of drug-likeness (QED) is 0.0363. The number of nitrogens with one attached hydrogen (secondary N) is 3. The van der Waals surface area contributed by atoms with Crippen LogP contribution in [0.2, 0.25) is 0 Å². The van der Waals surface area contributed by atoms with Gasteiger partial charge in [0.05, 0.1) is 61.5 Å². The third-order valence-electron chi connectivity index (χ3n) is 15.9. The van der Waals surface area contributed by atoms with Crippen molar-refractivity contribution in [1.82, 2.24) is 74.9 Å². The van der Waals surface area contributed by atoms with Crippen LogP contribution in [0.15, 0.2) is 38.3 Å². The molecule has 0 aromatic carbocycles. The number of thioether (sulfide) groups is 3. The molecule has 7 aromatic heterocycles. The Morgan fingerprint density at radius 1 is 0.471 bits per heavy atom. The summed E-state index contributed by atoms with van der Waals surface area (Å²) in [7, 11) is 0. The van der Waals surface area contributed by atoms with E-state index in [4.69, 9.17) is 13.9 Å². The van der Waals surface area contributed by atoms with Gasteiger partial charge in [-0.2, -0.15) is 0 Å². The first-order valence-electron chi connectivity index (χ1n) is 30.1. The molecule has 2 saturated heterocycles. The summed E-state index contributed by atoms with van der Waals surface area (Å²) in [6, 6.07) is 2.12. The first kappa shape index (κ1) is 64.7. The number of anilines is 3. The van der Waals surface area contributed by atoms with E-state index < -0.39 is 73.1 Å². The van der Waals surface area contributed by atoms with Crippen LogP contribution in [0, 0.1) is 0 Å².